The Balaban J connectivity index is 1.33. The third-order valence-corrected chi connectivity index (χ3v) is 13.6. The smallest absolute Gasteiger partial charge is 0.323 e. The summed E-state index contributed by atoms with van der Waals surface area (Å²) in [7, 11) is -0.474. The number of benzene rings is 2. The van der Waals surface area contributed by atoms with Crippen LogP contribution in [0.4, 0.5) is 11.5 Å². The van der Waals surface area contributed by atoms with E-state index >= 15 is 0 Å². The molecule has 9 heteroatoms. The van der Waals surface area contributed by atoms with Gasteiger partial charge in [-0.1, -0.05) is 51.1 Å². The minimum Gasteiger partial charge on any atom is -0.543 e. The lowest BCUT2D eigenvalue weighted by atomic mass is 10.1. The Morgan fingerprint density at radius 3 is 2.62 bits per heavy atom. The van der Waals surface area contributed by atoms with Crippen molar-refractivity contribution < 1.29 is 14.0 Å². The minimum absolute atomic E-state index is 0.125. The van der Waals surface area contributed by atoms with Gasteiger partial charge in [-0.25, -0.2) is 9.97 Å². The van der Waals surface area contributed by atoms with Gasteiger partial charge in [0.1, 0.15) is 18.1 Å². The van der Waals surface area contributed by atoms with Crippen molar-refractivity contribution in [3.8, 4) is 16.2 Å². The van der Waals surface area contributed by atoms with Crippen LogP contribution in [0.1, 0.15) is 39.2 Å². The zero-order valence-corrected chi connectivity index (χ0v) is 26.0. The molecule has 0 spiro atoms. The maximum atomic E-state index is 12.1. The standard InChI is InChI=1S/C31H38N4O3SSi/c1-31(2,3)40(5,6)38-24-10-7-9-23(17-24)34-29-28-25(32-20-33-29)18-27(39-28)22-14-12-21(13-15-22)19-35-16-8-11-26(35)30(36)37-4/h7,9-10,12-15,17-18,20,26H,8,11,16,19H2,1-6H3,(H,32,33,34). The molecule has 1 saturated heterocycles. The lowest BCUT2D eigenvalue weighted by Crippen LogP contribution is -2.43. The van der Waals surface area contributed by atoms with Gasteiger partial charge in [-0.15, -0.1) is 11.3 Å². The molecule has 1 aliphatic rings. The summed E-state index contributed by atoms with van der Waals surface area (Å²) in [6.07, 6.45) is 3.48. The fourth-order valence-electron chi connectivity index (χ4n) is 4.73. The highest BCUT2D eigenvalue weighted by atomic mass is 32.1. The first-order valence-corrected chi connectivity index (χ1v) is 17.5. The first kappa shape index (κ1) is 28.3. The molecule has 0 radical (unpaired) electrons. The number of carbonyl (C=O) groups excluding carboxylic acids is 1. The van der Waals surface area contributed by atoms with Crippen molar-refractivity contribution in [3.05, 3.63) is 66.5 Å². The van der Waals surface area contributed by atoms with E-state index in [9.17, 15) is 4.79 Å². The van der Waals surface area contributed by atoms with Gasteiger partial charge in [0, 0.05) is 23.2 Å². The van der Waals surface area contributed by atoms with Gasteiger partial charge >= 0.3 is 5.97 Å². The molecule has 1 fully saturated rings. The summed E-state index contributed by atoms with van der Waals surface area (Å²) in [5.41, 5.74) is 4.16. The summed E-state index contributed by atoms with van der Waals surface area (Å²) in [4.78, 5) is 24.5. The number of likely N-dealkylation sites (tertiary alicyclic amines) is 1. The largest absolute Gasteiger partial charge is 0.543 e. The zero-order valence-electron chi connectivity index (χ0n) is 24.2. The van der Waals surface area contributed by atoms with Crippen LogP contribution in [0.2, 0.25) is 18.1 Å². The van der Waals surface area contributed by atoms with E-state index in [-0.39, 0.29) is 17.0 Å². The van der Waals surface area contributed by atoms with Gasteiger partial charge in [0.05, 0.1) is 17.3 Å². The number of aromatic nitrogens is 2. The van der Waals surface area contributed by atoms with E-state index in [2.05, 4.69) is 84.4 Å². The normalized spacial score (nSPS) is 16.3. The highest BCUT2D eigenvalue weighted by Crippen LogP contribution is 2.39. The van der Waals surface area contributed by atoms with Crippen LogP contribution < -0.4 is 9.74 Å². The van der Waals surface area contributed by atoms with Crippen molar-refractivity contribution in [2.24, 2.45) is 0 Å². The third kappa shape index (κ3) is 6.06. The van der Waals surface area contributed by atoms with E-state index in [1.54, 1.807) is 17.7 Å². The molecule has 7 nitrogen and oxygen atoms in total. The molecule has 0 amide bonds. The van der Waals surface area contributed by atoms with Crippen molar-refractivity contribution >= 4 is 47.3 Å². The van der Waals surface area contributed by atoms with Gasteiger partial charge in [0.15, 0.2) is 5.82 Å². The number of fused-ring (bicyclic) bond motifs is 1. The maximum absolute atomic E-state index is 12.1. The number of methoxy groups -OCH3 is 1. The lowest BCUT2D eigenvalue weighted by Gasteiger charge is -2.36. The van der Waals surface area contributed by atoms with Crippen molar-refractivity contribution in [3.63, 3.8) is 0 Å². The minimum atomic E-state index is -1.94. The second kappa shape index (κ2) is 11.3. The average molecular weight is 575 g/mol. The number of anilines is 2. The van der Waals surface area contributed by atoms with Gasteiger partial charge in [-0.3, -0.25) is 9.69 Å². The summed E-state index contributed by atoms with van der Waals surface area (Å²) in [5.74, 6) is 1.52. The van der Waals surface area contributed by atoms with Gasteiger partial charge in [0.25, 0.3) is 0 Å². The number of hydrogen-bond donors (Lipinski definition) is 1. The van der Waals surface area contributed by atoms with Crippen LogP contribution in [0.15, 0.2) is 60.9 Å². The number of rotatable bonds is 8. The molecular formula is C31H38N4O3SSi. The summed E-state index contributed by atoms with van der Waals surface area (Å²) in [6.45, 7) is 12.9. The molecule has 1 unspecified atom stereocenters. The number of esters is 1. The van der Waals surface area contributed by atoms with Crippen molar-refractivity contribution in [1.82, 2.24) is 14.9 Å². The quantitative estimate of drug-likeness (QED) is 0.171. The SMILES string of the molecule is COC(=O)C1CCCN1Cc1ccc(-c2cc3ncnc(Nc4cccc(O[Si](C)(C)C(C)(C)C)c4)c3s2)cc1. The Kier molecular flexibility index (Phi) is 7.99. The molecule has 2 aromatic heterocycles. The van der Waals surface area contributed by atoms with Crippen LogP contribution >= 0.6 is 11.3 Å². The first-order valence-electron chi connectivity index (χ1n) is 13.8. The summed E-state index contributed by atoms with van der Waals surface area (Å²) < 4.78 is 12.5. The highest BCUT2D eigenvalue weighted by molar-refractivity contribution is 7.22. The molecule has 40 heavy (non-hydrogen) atoms. The topological polar surface area (TPSA) is 76.6 Å². The van der Waals surface area contributed by atoms with E-state index in [0.717, 1.165) is 63.8 Å². The van der Waals surface area contributed by atoms with E-state index in [4.69, 9.17) is 9.16 Å². The lowest BCUT2D eigenvalue weighted by molar-refractivity contribution is -0.146. The molecule has 3 heterocycles. The second-order valence-corrected chi connectivity index (χ2v) is 17.7. The molecule has 0 aliphatic carbocycles. The van der Waals surface area contributed by atoms with Crippen LogP contribution in [0.3, 0.4) is 0 Å². The number of thiophene rings is 1. The number of nitrogens with one attached hydrogen (secondary N) is 1. The summed E-state index contributed by atoms with van der Waals surface area (Å²) >= 11 is 1.68. The number of nitrogens with zero attached hydrogens (tertiary/aromatic N) is 3. The Hall–Kier alpha value is -3.27. The highest BCUT2D eigenvalue weighted by Gasteiger charge is 2.39. The van der Waals surface area contributed by atoms with Crippen LogP contribution in [-0.2, 0) is 16.1 Å². The maximum Gasteiger partial charge on any atom is 0.323 e. The average Bonchev–Trinajstić information content (AvgIpc) is 3.56. The van der Waals surface area contributed by atoms with E-state index in [1.807, 2.05) is 24.3 Å². The zero-order chi connectivity index (χ0) is 28.5. The molecule has 4 aromatic rings. The Labute approximate surface area is 241 Å². The number of hydrogen-bond acceptors (Lipinski definition) is 8. The molecule has 5 rings (SSSR count). The fourth-order valence-corrected chi connectivity index (χ4v) is 6.82. The molecule has 1 N–H and O–H groups in total. The molecule has 1 aliphatic heterocycles. The second-order valence-electron chi connectivity index (χ2n) is 11.9. The third-order valence-electron chi connectivity index (χ3n) is 8.05. The molecule has 210 valence electrons. The predicted molar refractivity (Wildman–Crippen MR) is 166 cm³/mol. The molecule has 0 saturated carbocycles. The van der Waals surface area contributed by atoms with Crippen molar-refractivity contribution in [2.75, 3.05) is 19.0 Å². The van der Waals surface area contributed by atoms with Crippen LogP contribution in [-0.4, -0.2) is 48.9 Å². The Morgan fingerprint density at radius 1 is 1.12 bits per heavy atom. The van der Waals surface area contributed by atoms with Gasteiger partial charge in [-0.05, 0) is 66.8 Å². The number of ether oxygens (including phenoxy) is 1. The van der Waals surface area contributed by atoms with E-state index in [1.165, 1.54) is 12.7 Å². The van der Waals surface area contributed by atoms with Crippen LogP contribution in [0.5, 0.6) is 5.75 Å². The fraction of sp³-hybridized carbons (Fsp3) is 0.387. The monoisotopic (exact) mass is 574 g/mol. The van der Waals surface area contributed by atoms with Crippen LogP contribution in [0.25, 0.3) is 20.7 Å². The van der Waals surface area contributed by atoms with Crippen LogP contribution in [0, 0.1) is 0 Å². The van der Waals surface area contributed by atoms with Gasteiger partial charge < -0.3 is 14.5 Å². The van der Waals surface area contributed by atoms with Gasteiger partial charge in [-0.2, -0.15) is 0 Å². The summed E-state index contributed by atoms with van der Waals surface area (Å²) in [5, 5.41) is 3.62. The van der Waals surface area contributed by atoms with Crippen molar-refractivity contribution in [1.29, 1.82) is 0 Å². The summed E-state index contributed by atoms with van der Waals surface area (Å²) in [6, 6.07) is 18.7. The van der Waals surface area contributed by atoms with E-state index < -0.39 is 8.32 Å². The molecule has 2 aromatic carbocycles. The Morgan fingerprint density at radius 2 is 1.90 bits per heavy atom. The van der Waals surface area contributed by atoms with E-state index in [0.29, 0.717) is 0 Å². The Bertz CT molecular complexity index is 1500. The molecule has 0 bridgehead atoms. The molecule has 1 atom stereocenters. The molecular weight excluding hydrogens is 537 g/mol. The number of carbonyl (C=O) groups is 1. The van der Waals surface area contributed by atoms with Gasteiger partial charge in [0.2, 0.25) is 8.32 Å². The first-order chi connectivity index (χ1) is 19.0. The van der Waals surface area contributed by atoms with Crippen molar-refractivity contribution in [2.45, 2.75) is 64.3 Å². The predicted octanol–water partition coefficient (Wildman–Crippen LogP) is 7.62.